The van der Waals surface area contributed by atoms with Gasteiger partial charge >= 0.3 is 5.97 Å². The van der Waals surface area contributed by atoms with Gasteiger partial charge in [0.2, 0.25) is 0 Å². The number of nitrogens with zero attached hydrogens (tertiary/aromatic N) is 2. The van der Waals surface area contributed by atoms with Crippen molar-refractivity contribution >= 4 is 17.2 Å². The number of carboxylic acid groups (broad SMARTS) is 1. The van der Waals surface area contributed by atoms with E-state index in [0.717, 1.165) is 31.0 Å². The first-order chi connectivity index (χ1) is 12.8. The molecule has 2 aromatic rings. The number of hydrogen-bond donors (Lipinski definition) is 2. The van der Waals surface area contributed by atoms with Crippen molar-refractivity contribution in [1.82, 2.24) is 4.40 Å². The van der Waals surface area contributed by atoms with Crippen LogP contribution in [0.1, 0.15) is 53.6 Å². The molecular formula is C20H24FN3O3. The zero-order valence-electron chi connectivity index (χ0n) is 15.5. The maximum absolute atomic E-state index is 15.1. The first-order valence-corrected chi connectivity index (χ1v) is 9.45. The van der Waals surface area contributed by atoms with Crippen molar-refractivity contribution in [2.75, 3.05) is 18.0 Å². The SMILES string of the molecule is CC[C@H]1CN(c2c(F)cn3c(=O)c(C(=O)O)cc(C4CC4)c3c2C)C[C@@H]1N. The van der Waals surface area contributed by atoms with Crippen LogP contribution in [0.15, 0.2) is 17.1 Å². The van der Waals surface area contributed by atoms with Crippen LogP contribution in [-0.4, -0.2) is 34.6 Å². The number of anilines is 1. The highest BCUT2D eigenvalue weighted by Crippen LogP contribution is 2.44. The number of carboxylic acids is 1. The number of aromatic nitrogens is 1. The highest BCUT2D eigenvalue weighted by Gasteiger charge is 2.34. The highest BCUT2D eigenvalue weighted by atomic mass is 19.1. The molecule has 0 unspecified atom stereocenters. The van der Waals surface area contributed by atoms with Gasteiger partial charge in [-0.2, -0.15) is 0 Å². The second kappa shape index (κ2) is 6.34. The lowest BCUT2D eigenvalue weighted by Gasteiger charge is -2.24. The smallest absolute Gasteiger partial charge is 0.341 e. The minimum atomic E-state index is -1.28. The van der Waals surface area contributed by atoms with Crippen LogP contribution in [0.4, 0.5) is 10.1 Å². The van der Waals surface area contributed by atoms with Gasteiger partial charge in [0, 0.05) is 19.1 Å². The Bertz CT molecular complexity index is 996. The van der Waals surface area contributed by atoms with E-state index in [9.17, 15) is 14.7 Å². The molecule has 0 aromatic carbocycles. The summed E-state index contributed by atoms with van der Waals surface area (Å²) in [6, 6.07) is 1.47. The summed E-state index contributed by atoms with van der Waals surface area (Å²) in [6.45, 7) is 5.14. The van der Waals surface area contributed by atoms with Crippen LogP contribution >= 0.6 is 0 Å². The number of fused-ring (bicyclic) bond motifs is 1. The summed E-state index contributed by atoms with van der Waals surface area (Å²) in [7, 11) is 0. The second-order valence-electron chi connectivity index (χ2n) is 7.80. The summed E-state index contributed by atoms with van der Waals surface area (Å²) in [5, 5.41) is 9.37. The maximum atomic E-state index is 15.1. The predicted molar refractivity (Wildman–Crippen MR) is 101 cm³/mol. The van der Waals surface area contributed by atoms with Crippen LogP contribution in [0, 0.1) is 18.7 Å². The Balaban J connectivity index is 1.96. The third kappa shape index (κ3) is 2.81. The lowest BCUT2D eigenvalue weighted by atomic mass is 10.0. The summed E-state index contributed by atoms with van der Waals surface area (Å²) in [6.07, 6.45) is 3.97. The van der Waals surface area contributed by atoms with Crippen molar-refractivity contribution in [1.29, 1.82) is 0 Å². The molecule has 0 amide bonds. The van der Waals surface area contributed by atoms with E-state index in [4.69, 9.17) is 5.73 Å². The van der Waals surface area contributed by atoms with Gasteiger partial charge in [-0.1, -0.05) is 13.3 Å². The maximum Gasteiger partial charge on any atom is 0.341 e. The third-order valence-corrected chi connectivity index (χ3v) is 6.02. The molecule has 1 aliphatic carbocycles. The summed E-state index contributed by atoms with van der Waals surface area (Å²) in [4.78, 5) is 26.1. The molecule has 1 aliphatic heterocycles. The average molecular weight is 373 g/mol. The third-order valence-electron chi connectivity index (χ3n) is 6.02. The molecule has 3 N–H and O–H groups in total. The van der Waals surface area contributed by atoms with Crippen LogP contribution < -0.4 is 16.2 Å². The Kier molecular flexibility index (Phi) is 4.22. The molecule has 1 saturated carbocycles. The molecule has 2 atom stereocenters. The number of aromatic carboxylic acids is 1. The van der Waals surface area contributed by atoms with Gasteiger partial charge in [-0.3, -0.25) is 9.20 Å². The number of pyridine rings is 2. The summed E-state index contributed by atoms with van der Waals surface area (Å²) >= 11 is 0. The molecule has 2 aliphatic rings. The van der Waals surface area contributed by atoms with E-state index in [-0.39, 0.29) is 17.5 Å². The molecule has 0 bridgehead atoms. The van der Waals surface area contributed by atoms with E-state index in [1.54, 1.807) is 0 Å². The van der Waals surface area contributed by atoms with Crippen LogP contribution in [-0.2, 0) is 0 Å². The van der Waals surface area contributed by atoms with Gasteiger partial charge < -0.3 is 15.7 Å². The number of carbonyl (C=O) groups is 1. The Morgan fingerprint density at radius 1 is 1.37 bits per heavy atom. The van der Waals surface area contributed by atoms with Crippen molar-refractivity contribution in [3.05, 3.63) is 45.1 Å². The molecule has 3 heterocycles. The minimum absolute atomic E-state index is 0.00971. The van der Waals surface area contributed by atoms with Crippen molar-refractivity contribution in [2.45, 2.75) is 45.1 Å². The second-order valence-corrected chi connectivity index (χ2v) is 7.80. The lowest BCUT2D eigenvalue weighted by molar-refractivity contribution is 0.0694. The molecule has 144 valence electrons. The van der Waals surface area contributed by atoms with E-state index in [1.165, 1.54) is 10.5 Å². The Morgan fingerprint density at radius 2 is 2.07 bits per heavy atom. The first kappa shape index (κ1) is 18.0. The topological polar surface area (TPSA) is 88.0 Å². The van der Waals surface area contributed by atoms with Gasteiger partial charge in [-0.05, 0) is 48.8 Å². The Hall–Kier alpha value is -2.41. The molecule has 4 rings (SSSR count). The number of nitrogens with two attached hydrogens (primary N) is 1. The largest absolute Gasteiger partial charge is 0.477 e. The van der Waals surface area contributed by atoms with Crippen molar-refractivity contribution in [3.8, 4) is 0 Å². The zero-order chi connectivity index (χ0) is 19.5. The molecular weight excluding hydrogens is 349 g/mol. The van der Waals surface area contributed by atoms with Crippen LogP contribution in [0.2, 0.25) is 0 Å². The normalized spacial score (nSPS) is 22.6. The monoisotopic (exact) mass is 373 g/mol. The molecule has 0 radical (unpaired) electrons. The fourth-order valence-corrected chi connectivity index (χ4v) is 4.40. The number of rotatable bonds is 4. The number of aryl methyl sites for hydroxylation is 1. The zero-order valence-corrected chi connectivity index (χ0v) is 15.5. The van der Waals surface area contributed by atoms with Gasteiger partial charge in [0.1, 0.15) is 5.56 Å². The van der Waals surface area contributed by atoms with Crippen LogP contribution in [0.3, 0.4) is 0 Å². The van der Waals surface area contributed by atoms with Crippen LogP contribution in [0.5, 0.6) is 0 Å². The van der Waals surface area contributed by atoms with E-state index in [2.05, 4.69) is 6.92 Å². The fourth-order valence-electron chi connectivity index (χ4n) is 4.40. The van der Waals surface area contributed by atoms with E-state index in [0.29, 0.717) is 35.8 Å². The Morgan fingerprint density at radius 3 is 2.63 bits per heavy atom. The molecule has 2 fully saturated rings. The molecule has 7 heteroatoms. The molecule has 2 aromatic heterocycles. The standard InChI is InChI=1S/C20H24FN3O3/c1-3-11-7-23(9-16(11)22)18-10(2)17-13(12-4-5-12)6-14(20(26)27)19(25)24(17)8-15(18)21/h6,8,11-12,16H,3-5,7,9,22H2,1-2H3,(H,26,27)/t11-,16-/m0/s1. The highest BCUT2D eigenvalue weighted by molar-refractivity contribution is 5.89. The number of halogens is 1. The van der Waals surface area contributed by atoms with Gasteiger partial charge in [0.05, 0.1) is 17.4 Å². The lowest BCUT2D eigenvalue weighted by Crippen LogP contribution is -2.30. The molecule has 27 heavy (non-hydrogen) atoms. The molecule has 6 nitrogen and oxygen atoms in total. The summed E-state index contributed by atoms with van der Waals surface area (Å²) in [5.41, 5.74) is 7.82. The van der Waals surface area contributed by atoms with E-state index >= 15 is 4.39 Å². The van der Waals surface area contributed by atoms with E-state index < -0.39 is 17.3 Å². The molecule has 0 spiro atoms. The van der Waals surface area contributed by atoms with E-state index in [1.807, 2.05) is 11.8 Å². The number of hydrogen-bond acceptors (Lipinski definition) is 4. The van der Waals surface area contributed by atoms with Crippen molar-refractivity contribution < 1.29 is 14.3 Å². The van der Waals surface area contributed by atoms with Gasteiger partial charge in [0.15, 0.2) is 5.82 Å². The van der Waals surface area contributed by atoms with Gasteiger partial charge in [-0.15, -0.1) is 0 Å². The summed E-state index contributed by atoms with van der Waals surface area (Å²) in [5.74, 6) is -1.27. The van der Waals surface area contributed by atoms with Gasteiger partial charge in [-0.25, -0.2) is 9.18 Å². The quantitative estimate of drug-likeness (QED) is 0.860. The minimum Gasteiger partial charge on any atom is -0.477 e. The fraction of sp³-hybridized carbons (Fsp3) is 0.500. The van der Waals surface area contributed by atoms with Crippen molar-refractivity contribution in [2.24, 2.45) is 11.7 Å². The predicted octanol–water partition coefficient (Wildman–Crippen LogP) is 2.50. The summed E-state index contributed by atoms with van der Waals surface area (Å²) < 4.78 is 16.2. The van der Waals surface area contributed by atoms with Crippen LogP contribution in [0.25, 0.3) is 5.52 Å². The average Bonchev–Trinajstić information content (AvgIpc) is 3.38. The van der Waals surface area contributed by atoms with Gasteiger partial charge in [0.25, 0.3) is 5.56 Å². The Labute approximate surface area is 156 Å². The van der Waals surface area contributed by atoms with Crippen molar-refractivity contribution in [3.63, 3.8) is 0 Å². The first-order valence-electron chi connectivity index (χ1n) is 9.45. The molecule has 1 saturated heterocycles.